The first-order valence-electron chi connectivity index (χ1n) is 8.33. The van der Waals surface area contributed by atoms with Gasteiger partial charge >= 0.3 is 0 Å². The summed E-state index contributed by atoms with van der Waals surface area (Å²) in [5, 5.41) is 15.2. The van der Waals surface area contributed by atoms with E-state index < -0.39 is 0 Å². The van der Waals surface area contributed by atoms with E-state index >= 15 is 0 Å². The quantitative estimate of drug-likeness (QED) is 0.874. The Morgan fingerprint density at radius 3 is 3.00 bits per heavy atom. The van der Waals surface area contributed by atoms with Gasteiger partial charge in [-0.3, -0.25) is 9.69 Å². The van der Waals surface area contributed by atoms with Gasteiger partial charge in [0.05, 0.1) is 18.3 Å². The summed E-state index contributed by atoms with van der Waals surface area (Å²) in [5.41, 5.74) is 1.92. The Labute approximate surface area is 146 Å². The standard InChI is InChI=1S/C18H23N3O2S/c1-13(22)15-8-5-9-21(10-15)11-17(23)20-18-19-16(12-24-18)14-6-3-2-4-7-14/h2-4,6-7,12-13,15,22H,5,8-11H2,1H3,(H,19,20,23). The Balaban J connectivity index is 1.55. The maximum absolute atomic E-state index is 12.3. The Morgan fingerprint density at radius 2 is 2.25 bits per heavy atom. The Hall–Kier alpha value is -1.76. The van der Waals surface area contributed by atoms with Crippen LogP contribution in [0.25, 0.3) is 11.3 Å². The molecule has 5 nitrogen and oxygen atoms in total. The number of carbonyl (C=O) groups excluding carboxylic acids is 1. The highest BCUT2D eigenvalue weighted by Gasteiger charge is 2.24. The first kappa shape index (κ1) is 17.1. The van der Waals surface area contributed by atoms with Crippen LogP contribution in [0.15, 0.2) is 35.7 Å². The van der Waals surface area contributed by atoms with Crippen molar-refractivity contribution in [2.45, 2.75) is 25.9 Å². The average molecular weight is 345 g/mol. The molecule has 0 spiro atoms. The van der Waals surface area contributed by atoms with E-state index in [9.17, 15) is 9.90 Å². The number of rotatable bonds is 5. The van der Waals surface area contributed by atoms with Crippen LogP contribution in [0.5, 0.6) is 0 Å². The van der Waals surface area contributed by atoms with Gasteiger partial charge < -0.3 is 10.4 Å². The van der Waals surface area contributed by atoms with Crippen LogP contribution in [0.3, 0.4) is 0 Å². The molecule has 2 heterocycles. The molecule has 2 aromatic rings. The van der Waals surface area contributed by atoms with Crippen LogP contribution in [0.2, 0.25) is 0 Å². The van der Waals surface area contributed by atoms with Crippen LogP contribution < -0.4 is 5.32 Å². The summed E-state index contributed by atoms with van der Waals surface area (Å²) in [6.45, 7) is 3.86. The maximum Gasteiger partial charge on any atom is 0.240 e. The van der Waals surface area contributed by atoms with Gasteiger partial charge in [-0.2, -0.15) is 0 Å². The van der Waals surface area contributed by atoms with E-state index in [4.69, 9.17) is 0 Å². The van der Waals surface area contributed by atoms with E-state index in [2.05, 4.69) is 15.2 Å². The zero-order valence-electron chi connectivity index (χ0n) is 13.8. The third kappa shape index (κ3) is 4.41. The molecule has 1 aromatic heterocycles. The molecule has 1 amide bonds. The lowest BCUT2D eigenvalue weighted by molar-refractivity contribution is -0.118. The molecule has 1 saturated heterocycles. The predicted octanol–water partition coefficient (Wildman–Crippen LogP) is 2.84. The number of hydrogen-bond acceptors (Lipinski definition) is 5. The van der Waals surface area contributed by atoms with Crippen molar-refractivity contribution in [2.75, 3.05) is 25.0 Å². The molecule has 2 atom stereocenters. The number of benzene rings is 1. The van der Waals surface area contributed by atoms with Crippen molar-refractivity contribution in [3.8, 4) is 11.3 Å². The van der Waals surface area contributed by atoms with Crippen LogP contribution >= 0.6 is 11.3 Å². The molecule has 3 rings (SSSR count). The minimum absolute atomic E-state index is 0.0461. The predicted molar refractivity (Wildman–Crippen MR) is 97.0 cm³/mol. The molecule has 24 heavy (non-hydrogen) atoms. The summed E-state index contributed by atoms with van der Waals surface area (Å²) in [6, 6.07) is 9.93. The molecule has 0 bridgehead atoms. The number of hydrogen-bond donors (Lipinski definition) is 2. The lowest BCUT2D eigenvalue weighted by Gasteiger charge is -2.33. The van der Waals surface area contributed by atoms with Gasteiger partial charge in [0.15, 0.2) is 5.13 Å². The second-order valence-electron chi connectivity index (χ2n) is 6.33. The third-order valence-corrected chi connectivity index (χ3v) is 5.17. The smallest absolute Gasteiger partial charge is 0.240 e. The first-order chi connectivity index (χ1) is 11.6. The van der Waals surface area contributed by atoms with Crippen LogP contribution in [-0.2, 0) is 4.79 Å². The Morgan fingerprint density at radius 1 is 1.46 bits per heavy atom. The van der Waals surface area contributed by atoms with E-state index in [-0.39, 0.29) is 17.9 Å². The van der Waals surface area contributed by atoms with Gasteiger partial charge in [-0.25, -0.2) is 4.98 Å². The van der Waals surface area contributed by atoms with Gasteiger partial charge in [-0.05, 0) is 32.2 Å². The van der Waals surface area contributed by atoms with Crippen molar-refractivity contribution in [2.24, 2.45) is 5.92 Å². The van der Waals surface area contributed by atoms with E-state index in [0.29, 0.717) is 11.7 Å². The fourth-order valence-electron chi connectivity index (χ4n) is 3.06. The van der Waals surface area contributed by atoms with Crippen molar-refractivity contribution < 1.29 is 9.90 Å². The molecular weight excluding hydrogens is 322 g/mol. The highest BCUT2D eigenvalue weighted by molar-refractivity contribution is 7.14. The van der Waals surface area contributed by atoms with Gasteiger partial charge in [0.2, 0.25) is 5.91 Å². The molecule has 2 unspecified atom stereocenters. The molecule has 128 valence electrons. The number of nitrogens with one attached hydrogen (secondary N) is 1. The van der Waals surface area contributed by atoms with Crippen LogP contribution in [-0.4, -0.2) is 46.6 Å². The molecule has 0 aliphatic carbocycles. The van der Waals surface area contributed by atoms with Crippen molar-refractivity contribution in [3.05, 3.63) is 35.7 Å². The molecular formula is C18H23N3O2S. The lowest BCUT2D eigenvalue weighted by atomic mass is 9.93. The summed E-state index contributed by atoms with van der Waals surface area (Å²) < 4.78 is 0. The number of nitrogens with zero attached hydrogens (tertiary/aromatic N) is 2. The number of aliphatic hydroxyl groups is 1. The van der Waals surface area contributed by atoms with Crippen LogP contribution in [0.1, 0.15) is 19.8 Å². The number of thiazole rings is 1. The minimum Gasteiger partial charge on any atom is -0.393 e. The van der Waals surface area contributed by atoms with Gasteiger partial charge in [-0.1, -0.05) is 30.3 Å². The van der Waals surface area contributed by atoms with Gasteiger partial charge in [-0.15, -0.1) is 11.3 Å². The number of anilines is 1. The second-order valence-corrected chi connectivity index (χ2v) is 7.19. The largest absolute Gasteiger partial charge is 0.393 e. The first-order valence-corrected chi connectivity index (χ1v) is 9.21. The van der Waals surface area contributed by atoms with E-state index in [1.54, 1.807) is 0 Å². The molecule has 2 N–H and O–H groups in total. The van der Waals surface area contributed by atoms with E-state index in [1.165, 1.54) is 11.3 Å². The van der Waals surface area contributed by atoms with Gasteiger partial charge in [0.25, 0.3) is 0 Å². The third-order valence-electron chi connectivity index (χ3n) is 4.41. The molecule has 0 saturated carbocycles. The van der Waals surface area contributed by atoms with Crippen molar-refractivity contribution in [1.82, 2.24) is 9.88 Å². The van der Waals surface area contributed by atoms with Crippen LogP contribution in [0, 0.1) is 5.92 Å². The molecule has 1 aromatic carbocycles. The molecule has 1 aliphatic rings. The van der Waals surface area contributed by atoms with Crippen LogP contribution in [0.4, 0.5) is 5.13 Å². The number of amides is 1. The van der Waals surface area contributed by atoms with Crippen molar-refractivity contribution in [1.29, 1.82) is 0 Å². The monoisotopic (exact) mass is 345 g/mol. The van der Waals surface area contributed by atoms with E-state index in [0.717, 1.165) is 37.2 Å². The van der Waals surface area contributed by atoms with E-state index in [1.807, 2.05) is 42.6 Å². The fourth-order valence-corrected chi connectivity index (χ4v) is 3.80. The molecule has 1 fully saturated rings. The number of aliphatic hydroxyl groups excluding tert-OH is 1. The second kappa shape index (κ2) is 7.88. The highest BCUT2D eigenvalue weighted by Crippen LogP contribution is 2.25. The normalized spacial score (nSPS) is 19.8. The van der Waals surface area contributed by atoms with Crippen molar-refractivity contribution in [3.63, 3.8) is 0 Å². The number of aromatic nitrogens is 1. The number of likely N-dealkylation sites (tertiary alicyclic amines) is 1. The average Bonchev–Trinajstić information content (AvgIpc) is 3.04. The summed E-state index contributed by atoms with van der Waals surface area (Å²) >= 11 is 1.44. The topological polar surface area (TPSA) is 65.5 Å². The summed E-state index contributed by atoms with van der Waals surface area (Å²) in [5.74, 6) is 0.214. The lowest BCUT2D eigenvalue weighted by Crippen LogP contribution is -2.43. The summed E-state index contributed by atoms with van der Waals surface area (Å²) in [7, 11) is 0. The number of carbonyl (C=O) groups is 1. The summed E-state index contributed by atoms with van der Waals surface area (Å²) in [6.07, 6.45) is 1.74. The minimum atomic E-state index is -0.316. The molecule has 0 radical (unpaired) electrons. The zero-order valence-corrected chi connectivity index (χ0v) is 14.6. The summed E-state index contributed by atoms with van der Waals surface area (Å²) in [4.78, 5) is 18.9. The SMILES string of the molecule is CC(O)C1CCCN(CC(=O)Nc2nc(-c3ccccc3)cs2)C1. The van der Waals surface area contributed by atoms with Gasteiger partial charge in [0.1, 0.15) is 0 Å². The van der Waals surface area contributed by atoms with Gasteiger partial charge in [0, 0.05) is 17.5 Å². The molecule has 1 aliphatic heterocycles. The maximum atomic E-state index is 12.3. The Kier molecular flexibility index (Phi) is 5.60. The highest BCUT2D eigenvalue weighted by atomic mass is 32.1. The van der Waals surface area contributed by atoms with Crippen molar-refractivity contribution >= 4 is 22.4 Å². The number of piperidine rings is 1. The fraction of sp³-hybridized carbons (Fsp3) is 0.444. The Bertz CT molecular complexity index is 672. The molecule has 6 heteroatoms. The zero-order chi connectivity index (χ0) is 16.9.